The van der Waals surface area contributed by atoms with Crippen LogP contribution in [0, 0.1) is 0 Å². The molecule has 0 saturated heterocycles. The summed E-state index contributed by atoms with van der Waals surface area (Å²) in [5.74, 6) is -0.495. The highest BCUT2D eigenvalue weighted by Crippen LogP contribution is 2.17. The lowest BCUT2D eigenvalue weighted by atomic mass is 10.0. The van der Waals surface area contributed by atoms with Gasteiger partial charge in [0, 0.05) is 6.42 Å². The van der Waals surface area contributed by atoms with Crippen LogP contribution in [0.3, 0.4) is 0 Å². The van der Waals surface area contributed by atoms with Crippen LogP contribution in [0.1, 0.15) is 258 Å². The number of rotatable bonds is 45. The summed E-state index contributed by atoms with van der Waals surface area (Å²) in [5.41, 5.74) is 0. The molecule has 0 fully saturated rings. The Labute approximate surface area is 360 Å². The Kier molecular flexibility index (Phi) is 44.6. The number of carbonyl (C=O) groups excluding carboxylic acids is 2. The summed E-state index contributed by atoms with van der Waals surface area (Å²) in [6.07, 6.45) is 53.5. The van der Waals surface area contributed by atoms with Gasteiger partial charge in [-0.1, -0.05) is 205 Å². The number of carbonyl (C=O) groups is 2. The van der Waals surface area contributed by atoms with Gasteiger partial charge in [0.15, 0.2) is 0 Å². The number of allylic oxidation sites excluding steroid dienone is 6. The molecule has 0 bridgehead atoms. The first kappa shape index (κ1) is 56.1. The highest BCUT2D eigenvalue weighted by Gasteiger charge is 2.24. The minimum atomic E-state index is -0.790. The van der Waals surface area contributed by atoms with E-state index >= 15 is 0 Å². The topological polar surface area (TPSA) is 95.9 Å². The lowest BCUT2D eigenvalue weighted by Gasteiger charge is -2.24. The van der Waals surface area contributed by atoms with Gasteiger partial charge in [-0.3, -0.25) is 9.59 Å². The zero-order chi connectivity index (χ0) is 42.4. The van der Waals surface area contributed by atoms with Gasteiger partial charge in [0.05, 0.1) is 25.2 Å². The van der Waals surface area contributed by atoms with E-state index in [2.05, 4.69) is 62.5 Å². The average molecular weight is 816 g/mol. The summed E-state index contributed by atoms with van der Waals surface area (Å²) in [6, 6.07) is -0.704. The first-order valence-corrected chi connectivity index (χ1v) is 25.2. The van der Waals surface area contributed by atoms with Crippen molar-refractivity contribution in [2.75, 3.05) is 6.61 Å². The maximum atomic E-state index is 13.1. The predicted molar refractivity (Wildman–Crippen MR) is 250 cm³/mol. The van der Waals surface area contributed by atoms with Crippen molar-refractivity contribution in [1.82, 2.24) is 5.32 Å². The summed E-state index contributed by atoms with van der Waals surface area (Å²) < 4.78 is 5.90. The average Bonchev–Trinajstić information content (AvgIpc) is 3.22. The van der Waals surface area contributed by atoms with Crippen molar-refractivity contribution in [3.63, 3.8) is 0 Å². The minimum absolute atomic E-state index is 0.0650. The number of unbranched alkanes of at least 4 members (excludes halogenated alkanes) is 27. The molecule has 1 amide bonds. The number of hydrogen-bond acceptors (Lipinski definition) is 5. The monoisotopic (exact) mass is 816 g/mol. The van der Waals surface area contributed by atoms with Crippen LogP contribution >= 0.6 is 0 Å². The van der Waals surface area contributed by atoms with Crippen LogP contribution in [0.25, 0.3) is 0 Å². The molecule has 3 N–H and O–H groups in total. The fourth-order valence-electron chi connectivity index (χ4n) is 7.56. The molecule has 0 aliphatic carbocycles. The molecule has 58 heavy (non-hydrogen) atoms. The summed E-state index contributed by atoms with van der Waals surface area (Å²) in [4.78, 5) is 26.0. The van der Waals surface area contributed by atoms with Crippen molar-refractivity contribution in [3.05, 3.63) is 36.5 Å². The van der Waals surface area contributed by atoms with E-state index in [0.717, 1.165) is 83.5 Å². The standard InChI is InChI=1S/C52H97NO5/c1-4-7-10-13-16-19-21-23-24-25-26-28-30-33-36-39-42-45-52(57)58-48(43-40-37-34-31-18-15-12-9-6-3)46-51(56)53-49(47-54)50(55)44-41-38-35-32-29-27-22-20-17-14-11-8-5-2/h15-16,18-19,23-24,48-50,54-55H,4-14,17,20-22,25-47H2,1-3H3,(H,53,56)/b18-15-,19-16-,24-23-. The third kappa shape index (κ3) is 40.8. The lowest BCUT2D eigenvalue weighted by molar-refractivity contribution is -0.151. The number of nitrogens with one attached hydrogen (secondary N) is 1. The first-order valence-electron chi connectivity index (χ1n) is 25.2. The number of ether oxygens (including phenoxy) is 1. The van der Waals surface area contributed by atoms with E-state index in [1.165, 1.54) is 128 Å². The van der Waals surface area contributed by atoms with Gasteiger partial charge < -0.3 is 20.3 Å². The Morgan fingerprint density at radius 3 is 1.43 bits per heavy atom. The van der Waals surface area contributed by atoms with Crippen LogP contribution in [0.15, 0.2) is 36.5 Å². The summed E-state index contributed by atoms with van der Waals surface area (Å²) >= 11 is 0. The van der Waals surface area contributed by atoms with Gasteiger partial charge in [-0.25, -0.2) is 0 Å². The Bertz CT molecular complexity index is 961. The molecule has 0 aromatic rings. The lowest BCUT2D eigenvalue weighted by Crippen LogP contribution is -2.46. The molecular weight excluding hydrogens is 719 g/mol. The van der Waals surface area contributed by atoms with Gasteiger partial charge in [0.1, 0.15) is 6.10 Å². The number of esters is 1. The second-order valence-electron chi connectivity index (χ2n) is 17.2. The van der Waals surface area contributed by atoms with E-state index < -0.39 is 18.2 Å². The maximum Gasteiger partial charge on any atom is 0.306 e. The molecule has 0 aliphatic rings. The van der Waals surface area contributed by atoms with Crippen molar-refractivity contribution in [2.24, 2.45) is 0 Å². The van der Waals surface area contributed by atoms with Crippen molar-refractivity contribution < 1.29 is 24.5 Å². The third-order valence-electron chi connectivity index (χ3n) is 11.4. The Morgan fingerprint density at radius 2 is 0.897 bits per heavy atom. The molecule has 0 aromatic heterocycles. The number of amides is 1. The quantitative estimate of drug-likeness (QED) is 0.0323. The smallest absolute Gasteiger partial charge is 0.306 e. The van der Waals surface area contributed by atoms with Crippen LogP contribution in [-0.4, -0.2) is 46.9 Å². The first-order chi connectivity index (χ1) is 28.5. The van der Waals surface area contributed by atoms with Crippen molar-refractivity contribution in [3.8, 4) is 0 Å². The van der Waals surface area contributed by atoms with Crippen LogP contribution < -0.4 is 5.32 Å². The number of aliphatic hydroxyl groups excluding tert-OH is 2. The molecule has 0 aliphatic heterocycles. The highest BCUT2D eigenvalue weighted by atomic mass is 16.5. The molecule has 0 aromatic carbocycles. The Hall–Kier alpha value is -1.92. The summed E-state index contributed by atoms with van der Waals surface area (Å²) in [7, 11) is 0. The van der Waals surface area contributed by atoms with Gasteiger partial charge in [-0.05, 0) is 77.0 Å². The molecule has 3 atom stereocenters. The minimum Gasteiger partial charge on any atom is -0.462 e. The SMILES string of the molecule is CCCC/C=C\CCCCCC(CC(=O)NC(CO)C(O)CCCCCCCCCCCCCCC)OC(=O)CCCCCCCCC/C=C\C/C=C\CCCCC. The van der Waals surface area contributed by atoms with Gasteiger partial charge in [0.25, 0.3) is 0 Å². The maximum absolute atomic E-state index is 13.1. The Morgan fingerprint density at radius 1 is 0.500 bits per heavy atom. The molecule has 340 valence electrons. The Balaban J connectivity index is 4.47. The second-order valence-corrected chi connectivity index (χ2v) is 17.2. The number of hydrogen-bond donors (Lipinski definition) is 3. The van der Waals surface area contributed by atoms with E-state index in [1.807, 2.05) is 0 Å². The molecule has 6 heteroatoms. The molecule has 3 unspecified atom stereocenters. The fraction of sp³-hybridized carbons (Fsp3) is 0.846. The van der Waals surface area contributed by atoms with Gasteiger partial charge >= 0.3 is 5.97 Å². The van der Waals surface area contributed by atoms with Gasteiger partial charge in [-0.2, -0.15) is 0 Å². The van der Waals surface area contributed by atoms with Crippen molar-refractivity contribution >= 4 is 11.9 Å². The molecule has 0 rings (SSSR count). The third-order valence-corrected chi connectivity index (χ3v) is 11.4. The molecule has 0 heterocycles. The zero-order valence-electron chi connectivity index (χ0n) is 38.7. The summed E-state index contributed by atoms with van der Waals surface area (Å²) in [5, 5.41) is 23.7. The predicted octanol–water partition coefficient (Wildman–Crippen LogP) is 14.9. The van der Waals surface area contributed by atoms with E-state index in [4.69, 9.17) is 4.74 Å². The normalized spacial score (nSPS) is 13.5. The van der Waals surface area contributed by atoms with Gasteiger partial charge in [0.2, 0.25) is 5.91 Å². The van der Waals surface area contributed by atoms with E-state index in [1.54, 1.807) is 0 Å². The van der Waals surface area contributed by atoms with Crippen LogP contribution in [0.4, 0.5) is 0 Å². The molecule has 0 saturated carbocycles. The van der Waals surface area contributed by atoms with Crippen molar-refractivity contribution in [2.45, 2.75) is 277 Å². The van der Waals surface area contributed by atoms with E-state index in [9.17, 15) is 19.8 Å². The fourth-order valence-corrected chi connectivity index (χ4v) is 7.56. The highest BCUT2D eigenvalue weighted by molar-refractivity contribution is 5.77. The zero-order valence-corrected chi connectivity index (χ0v) is 38.7. The van der Waals surface area contributed by atoms with Crippen LogP contribution in [0.2, 0.25) is 0 Å². The molecule has 0 radical (unpaired) electrons. The number of aliphatic hydroxyl groups is 2. The van der Waals surface area contributed by atoms with Gasteiger partial charge in [-0.15, -0.1) is 0 Å². The molecular formula is C52H97NO5. The largest absolute Gasteiger partial charge is 0.462 e. The van der Waals surface area contributed by atoms with E-state index in [-0.39, 0.29) is 24.9 Å². The van der Waals surface area contributed by atoms with Crippen LogP contribution in [0.5, 0.6) is 0 Å². The molecule has 0 spiro atoms. The van der Waals surface area contributed by atoms with Crippen molar-refractivity contribution in [1.29, 1.82) is 0 Å². The van der Waals surface area contributed by atoms with Crippen LogP contribution in [-0.2, 0) is 14.3 Å². The van der Waals surface area contributed by atoms with E-state index in [0.29, 0.717) is 19.3 Å². The molecule has 6 nitrogen and oxygen atoms in total. The summed E-state index contributed by atoms with van der Waals surface area (Å²) in [6.45, 7) is 6.41. The second kappa shape index (κ2) is 46.2.